The molecule has 5 nitrogen and oxygen atoms in total. The first-order valence-electron chi connectivity index (χ1n) is 5.31. The molecule has 5 heteroatoms. The fourth-order valence-electron chi connectivity index (χ4n) is 1.43. The Morgan fingerprint density at radius 1 is 1.33 bits per heavy atom. The van der Waals surface area contributed by atoms with Gasteiger partial charge >= 0.3 is 0 Å². The fraction of sp³-hybridized carbons (Fsp3) is 0.800. The van der Waals surface area contributed by atoms with Crippen molar-refractivity contribution < 1.29 is 4.74 Å². The number of aromatic nitrogens is 3. The third kappa shape index (κ3) is 4.40. The predicted octanol–water partition coefficient (Wildman–Crippen LogP) is 0.521. The van der Waals surface area contributed by atoms with Gasteiger partial charge in [0.05, 0.1) is 6.61 Å². The largest absolute Gasteiger partial charge is 0.383 e. The number of nitrogens with one attached hydrogen (secondary N) is 1. The molecule has 0 bridgehead atoms. The van der Waals surface area contributed by atoms with Crippen LogP contribution in [0.2, 0.25) is 0 Å². The lowest BCUT2D eigenvalue weighted by Gasteiger charge is -2.04. The summed E-state index contributed by atoms with van der Waals surface area (Å²) in [4.78, 5) is 4.25. The number of nitrogens with zero attached hydrogens (tertiary/aromatic N) is 3. The molecule has 0 radical (unpaired) electrons. The van der Waals surface area contributed by atoms with Gasteiger partial charge in [0, 0.05) is 20.2 Å². The van der Waals surface area contributed by atoms with E-state index < -0.39 is 0 Å². The van der Waals surface area contributed by atoms with E-state index in [1.165, 1.54) is 0 Å². The second-order valence-electron chi connectivity index (χ2n) is 3.53. The molecule has 1 rings (SSSR count). The summed E-state index contributed by atoms with van der Waals surface area (Å²) in [6.07, 6.45) is 1.06. The van der Waals surface area contributed by atoms with Gasteiger partial charge in [0.1, 0.15) is 11.6 Å². The summed E-state index contributed by atoms with van der Waals surface area (Å²) in [5.41, 5.74) is 0. The van der Waals surface area contributed by atoms with Crippen LogP contribution in [0.5, 0.6) is 0 Å². The highest BCUT2D eigenvalue weighted by Gasteiger charge is 2.00. The van der Waals surface area contributed by atoms with Crippen LogP contribution in [0, 0.1) is 13.8 Å². The molecule has 0 saturated heterocycles. The number of aryl methyl sites for hydroxylation is 3. The zero-order valence-electron chi connectivity index (χ0n) is 9.79. The van der Waals surface area contributed by atoms with Gasteiger partial charge in [0.15, 0.2) is 0 Å². The van der Waals surface area contributed by atoms with E-state index in [4.69, 9.17) is 4.74 Å². The van der Waals surface area contributed by atoms with Gasteiger partial charge in [0.2, 0.25) is 0 Å². The van der Waals surface area contributed by atoms with E-state index in [1.54, 1.807) is 7.11 Å². The van der Waals surface area contributed by atoms with E-state index in [0.29, 0.717) is 0 Å². The molecular formula is C10H20N4O. The van der Waals surface area contributed by atoms with E-state index >= 15 is 0 Å². The maximum Gasteiger partial charge on any atom is 0.147 e. The molecule has 0 saturated carbocycles. The van der Waals surface area contributed by atoms with Gasteiger partial charge in [-0.25, -0.2) is 4.98 Å². The van der Waals surface area contributed by atoms with Crippen LogP contribution in [0.4, 0.5) is 0 Å². The number of ether oxygens (including phenoxy) is 1. The third-order valence-electron chi connectivity index (χ3n) is 2.17. The molecule has 1 N–H and O–H groups in total. The minimum Gasteiger partial charge on any atom is -0.383 e. The first-order chi connectivity index (χ1) is 7.24. The van der Waals surface area contributed by atoms with Crippen LogP contribution in [0.25, 0.3) is 0 Å². The summed E-state index contributed by atoms with van der Waals surface area (Å²) in [5, 5.41) is 7.59. The van der Waals surface area contributed by atoms with E-state index in [0.717, 1.165) is 44.3 Å². The molecule has 0 aliphatic carbocycles. The first kappa shape index (κ1) is 12.1. The SMILES string of the molecule is COCCNCCCn1nc(C)nc1C. The molecule has 0 amide bonds. The second kappa shape index (κ2) is 6.53. The molecule has 86 valence electrons. The molecule has 0 unspecified atom stereocenters. The summed E-state index contributed by atoms with van der Waals surface area (Å²) in [7, 11) is 1.71. The Hall–Kier alpha value is -0.940. The average Bonchev–Trinajstić information content (AvgIpc) is 2.51. The van der Waals surface area contributed by atoms with Crippen LogP contribution in [0.3, 0.4) is 0 Å². The van der Waals surface area contributed by atoms with E-state index in [1.807, 2.05) is 18.5 Å². The van der Waals surface area contributed by atoms with Crippen molar-refractivity contribution in [2.45, 2.75) is 26.8 Å². The highest BCUT2D eigenvalue weighted by molar-refractivity contribution is 4.87. The minimum atomic E-state index is 0.765. The first-order valence-corrected chi connectivity index (χ1v) is 5.31. The van der Waals surface area contributed by atoms with Crippen LogP contribution in [-0.4, -0.2) is 41.6 Å². The zero-order valence-corrected chi connectivity index (χ0v) is 9.79. The second-order valence-corrected chi connectivity index (χ2v) is 3.53. The standard InChI is InChI=1S/C10H20N4O/c1-9-12-10(2)14(13-9)7-4-5-11-6-8-15-3/h11H,4-8H2,1-3H3. The van der Waals surface area contributed by atoms with Crippen molar-refractivity contribution in [1.82, 2.24) is 20.1 Å². The molecule has 1 aromatic rings. The van der Waals surface area contributed by atoms with Gasteiger partial charge in [0.25, 0.3) is 0 Å². The van der Waals surface area contributed by atoms with Crippen molar-refractivity contribution in [3.63, 3.8) is 0 Å². The Balaban J connectivity index is 2.12. The van der Waals surface area contributed by atoms with Crippen molar-refractivity contribution in [3.05, 3.63) is 11.6 Å². The Morgan fingerprint density at radius 3 is 2.73 bits per heavy atom. The topological polar surface area (TPSA) is 52.0 Å². The van der Waals surface area contributed by atoms with Crippen LogP contribution >= 0.6 is 0 Å². The van der Waals surface area contributed by atoms with Gasteiger partial charge in [-0.1, -0.05) is 0 Å². The Bertz CT molecular complexity index is 285. The lowest BCUT2D eigenvalue weighted by atomic mass is 10.4. The number of methoxy groups -OCH3 is 1. The Kier molecular flexibility index (Phi) is 5.28. The molecule has 0 atom stereocenters. The lowest BCUT2D eigenvalue weighted by Crippen LogP contribution is -2.21. The van der Waals surface area contributed by atoms with Gasteiger partial charge in [-0.05, 0) is 26.8 Å². The Labute approximate surface area is 90.8 Å². The summed E-state index contributed by atoms with van der Waals surface area (Å²) in [6, 6.07) is 0. The molecular weight excluding hydrogens is 192 g/mol. The van der Waals surface area contributed by atoms with Crippen molar-refractivity contribution in [2.24, 2.45) is 0 Å². The van der Waals surface area contributed by atoms with Crippen LogP contribution in [0.1, 0.15) is 18.1 Å². The van der Waals surface area contributed by atoms with Crippen molar-refractivity contribution in [1.29, 1.82) is 0 Å². The maximum absolute atomic E-state index is 4.94. The summed E-state index contributed by atoms with van der Waals surface area (Å²) in [5.74, 6) is 1.84. The molecule has 15 heavy (non-hydrogen) atoms. The van der Waals surface area contributed by atoms with Gasteiger partial charge < -0.3 is 10.1 Å². The lowest BCUT2D eigenvalue weighted by molar-refractivity contribution is 0.199. The fourth-order valence-corrected chi connectivity index (χ4v) is 1.43. The molecule has 0 aliphatic heterocycles. The quantitative estimate of drug-likeness (QED) is 0.670. The smallest absolute Gasteiger partial charge is 0.147 e. The number of rotatable bonds is 7. The normalized spacial score (nSPS) is 10.9. The van der Waals surface area contributed by atoms with E-state index in [-0.39, 0.29) is 0 Å². The third-order valence-corrected chi connectivity index (χ3v) is 2.17. The van der Waals surface area contributed by atoms with Crippen molar-refractivity contribution >= 4 is 0 Å². The van der Waals surface area contributed by atoms with Crippen LogP contribution < -0.4 is 5.32 Å². The van der Waals surface area contributed by atoms with Crippen molar-refractivity contribution in [2.75, 3.05) is 26.8 Å². The van der Waals surface area contributed by atoms with Crippen LogP contribution in [0.15, 0.2) is 0 Å². The average molecular weight is 212 g/mol. The van der Waals surface area contributed by atoms with Gasteiger partial charge in [-0.2, -0.15) is 5.10 Å². The highest BCUT2D eigenvalue weighted by atomic mass is 16.5. The van der Waals surface area contributed by atoms with E-state index in [9.17, 15) is 0 Å². The summed E-state index contributed by atoms with van der Waals surface area (Å²) >= 11 is 0. The van der Waals surface area contributed by atoms with Gasteiger partial charge in [-0.3, -0.25) is 4.68 Å². The monoisotopic (exact) mass is 212 g/mol. The predicted molar refractivity (Wildman–Crippen MR) is 58.9 cm³/mol. The van der Waals surface area contributed by atoms with Crippen LogP contribution in [-0.2, 0) is 11.3 Å². The zero-order chi connectivity index (χ0) is 11.1. The highest BCUT2D eigenvalue weighted by Crippen LogP contribution is 1.96. The molecule has 0 spiro atoms. The molecule has 0 aliphatic rings. The Morgan fingerprint density at radius 2 is 2.13 bits per heavy atom. The molecule has 0 aromatic carbocycles. The number of hydrogen-bond acceptors (Lipinski definition) is 4. The summed E-state index contributed by atoms with van der Waals surface area (Å²) in [6.45, 7) is 7.49. The van der Waals surface area contributed by atoms with E-state index in [2.05, 4.69) is 15.4 Å². The molecule has 1 heterocycles. The molecule has 1 aromatic heterocycles. The van der Waals surface area contributed by atoms with Crippen molar-refractivity contribution in [3.8, 4) is 0 Å². The summed E-state index contributed by atoms with van der Waals surface area (Å²) < 4.78 is 6.89. The number of hydrogen-bond donors (Lipinski definition) is 1. The van der Waals surface area contributed by atoms with Gasteiger partial charge in [-0.15, -0.1) is 0 Å². The molecule has 0 fully saturated rings. The maximum atomic E-state index is 4.94. The minimum absolute atomic E-state index is 0.765.